The number of hydrogen-bond donors (Lipinski definition) is 2. The summed E-state index contributed by atoms with van der Waals surface area (Å²) in [5.74, 6) is -0.167. The van der Waals surface area contributed by atoms with Gasteiger partial charge in [-0.2, -0.15) is 0 Å². The van der Waals surface area contributed by atoms with Gasteiger partial charge in [-0.15, -0.1) is 11.3 Å². The van der Waals surface area contributed by atoms with E-state index in [2.05, 4.69) is 20.5 Å². The van der Waals surface area contributed by atoms with Crippen molar-refractivity contribution in [2.24, 2.45) is 0 Å². The van der Waals surface area contributed by atoms with Crippen LogP contribution < -0.4 is 10.6 Å². The van der Waals surface area contributed by atoms with E-state index in [1.54, 1.807) is 18.2 Å². The van der Waals surface area contributed by atoms with Crippen LogP contribution in [0, 0.1) is 10.1 Å². The zero-order chi connectivity index (χ0) is 19.1. The summed E-state index contributed by atoms with van der Waals surface area (Å²) in [6, 6.07) is 6.39. The summed E-state index contributed by atoms with van der Waals surface area (Å²) in [5.41, 5.74) is 1.39. The lowest BCUT2D eigenvalue weighted by molar-refractivity contribution is -0.384. The Morgan fingerprint density at radius 1 is 1.26 bits per heavy atom. The third-order valence-corrected chi connectivity index (χ3v) is 5.21. The third kappa shape index (κ3) is 5.73. The molecule has 0 atom stereocenters. The molecule has 0 radical (unpaired) electrons. The summed E-state index contributed by atoms with van der Waals surface area (Å²) < 4.78 is 0. The number of piperidine rings is 1. The van der Waals surface area contributed by atoms with E-state index >= 15 is 0 Å². The van der Waals surface area contributed by atoms with Crippen LogP contribution in [0.3, 0.4) is 0 Å². The first-order valence-corrected chi connectivity index (χ1v) is 9.93. The monoisotopic (exact) mass is 389 g/mol. The van der Waals surface area contributed by atoms with Gasteiger partial charge in [-0.05, 0) is 32.0 Å². The van der Waals surface area contributed by atoms with E-state index < -0.39 is 4.92 Å². The van der Waals surface area contributed by atoms with Gasteiger partial charge in [0.15, 0.2) is 5.13 Å². The van der Waals surface area contributed by atoms with Crippen molar-refractivity contribution < 1.29 is 9.72 Å². The number of carbonyl (C=O) groups excluding carboxylic acids is 1. The van der Waals surface area contributed by atoms with Crippen LogP contribution in [0.4, 0.5) is 16.5 Å². The van der Waals surface area contributed by atoms with Gasteiger partial charge >= 0.3 is 0 Å². The second-order valence-corrected chi connectivity index (χ2v) is 7.34. The van der Waals surface area contributed by atoms with Crippen molar-refractivity contribution in [3.63, 3.8) is 0 Å². The van der Waals surface area contributed by atoms with Crippen molar-refractivity contribution in [3.05, 3.63) is 45.5 Å². The maximum absolute atomic E-state index is 12.1. The number of amides is 1. The number of nitro benzene ring substituents is 1. The summed E-state index contributed by atoms with van der Waals surface area (Å²) >= 11 is 1.42. The highest BCUT2D eigenvalue weighted by Crippen LogP contribution is 2.23. The van der Waals surface area contributed by atoms with Crippen LogP contribution in [-0.2, 0) is 11.3 Å². The molecule has 0 aliphatic carbocycles. The van der Waals surface area contributed by atoms with Gasteiger partial charge in [-0.25, -0.2) is 4.98 Å². The molecule has 1 aliphatic heterocycles. The van der Waals surface area contributed by atoms with Crippen molar-refractivity contribution in [3.8, 4) is 0 Å². The van der Waals surface area contributed by atoms with Crippen molar-refractivity contribution in [1.82, 2.24) is 9.88 Å². The lowest BCUT2D eigenvalue weighted by Crippen LogP contribution is -2.29. The number of nitrogens with one attached hydrogen (secondary N) is 2. The van der Waals surface area contributed by atoms with Gasteiger partial charge in [0.05, 0.1) is 10.6 Å². The Hall–Kier alpha value is -2.52. The Morgan fingerprint density at radius 3 is 2.81 bits per heavy atom. The van der Waals surface area contributed by atoms with Gasteiger partial charge in [0.25, 0.3) is 5.69 Å². The van der Waals surface area contributed by atoms with E-state index in [9.17, 15) is 14.9 Å². The van der Waals surface area contributed by atoms with E-state index in [0.29, 0.717) is 17.4 Å². The number of anilines is 2. The second-order valence-electron chi connectivity index (χ2n) is 6.48. The predicted octanol–water partition coefficient (Wildman–Crippen LogP) is 3.48. The van der Waals surface area contributed by atoms with E-state index in [-0.39, 0.29) is 18.0 Å². The highest BCUT2D eigenvalue weighted by Gasteiger charge is 2.14. The molecule has 0 saturated carbocycles. The minimum absolute atomic E-state index is 0.000172. The molecule has 2 heterocycles. The first-order chi connectivity index (χ1) is 13.1. The number of nitrogens with zero attached hydrogens (tertiary/aromatic N) is 3. The number of nitro groups is 1. The summed E-state index contributed by atoms with van der Waals surface area (Å²) in [5, 5.41) is 19.3. The fourth-order valence-corrected chi connectivity index (χ4v) is 3.78. The Balaban J connectivity index is 1.44. The van der Waals surface area contributed by atoms with Crippen molar-refractivity contribution in [2.75, 3.05) is 30.3 Å². The average molecular weight is 389 g/mol. The molecule has 27 heavy (non-hydrogen) atoms. The quantitative estimate of drug-likeness (QED) is 0.530. The van der Waals surface area contributed by atoms with E-state index in [1.165, 1.54) is 36.7 Å². The van der Waals surface area contributed by atoms with Crippen LogP contribution in [0.5, 0.6) is 0 Å². The molecule has 0 bridgehead atoms. The minimum Gasteiger partial charge on any atom is -0.379 e. The topological polar surface area (TPSA) is 100 Å². The van der Waals surface area contributed by atoms with Crippen molar-refractivity contribution in [1.29, 1.82) is 0 Å². The maximum Gasteiger partial charge on any atom is 0.292 e. The smallest absolute Gasteiger partial charge is 0.292 e. The summed E-state index contributed by atoms with van der Waals surface area (Å²) in [4.78, 5) is 29.5. The van der Waals surface area contributed by atoms with E-state index in [0.717, 1.165) is 25.3 Å². The molecule has 9 heteroatoms. The van der Waals surface area contributed by atoms with E-state index in [4.69, 9.17) is 0 Å². The molecule has 1 fully saturated rings. The zero-order valence-corrected chi connectivity index (χ0v) is 15.8. The van der Waals surface area contributed by atoms with Gasteiger partial charge in [0.2, 0.25) is 5.91 Å². The van der Waals surface area contributed by atoms with Crippen LogP contribution in [0.2, 0.25) is 0 Å². The fraction of sp³-hybridized carbons (Fsp3) is 0.444. The van der Waals surface area contributed by atoms with E-state index in [1.807, 2.05) is 5.38 Å². The van der Waals surface area contributed by atoms with Crippen LogP contribution in [0.1, 0.15) is 31.4 Å². The predicted molar refractivity (Wildman–Crippen MR) is 106 cm³/mol. The second kappa shape index (κ2) is 9.43. The lowest BCUT2D eigenvalue weighted by Gasteiger charge is -2.25. The standard InChI is InChI=1S/C18H23N5O3S/c24-17(8-9-19-15-6-2-3-7-16(15)23(25)26)21-18-20-14(13-27-18)12-22-10-4-1-5-11-22/h2-3,6-7,13,19H,1,4-5,8-12H2,(H,20,21,24). The van der Waals surface area contributed by atoms with Gasteiger partial charge in [0.1, 0.15) is 5.69 Å². The molecular formula is C18H23N5O3S. The first kappa shape index (κ1) is 19.2. The summed E-state index contributed by atoms with van der Waals surface area (Å²) in [6.45, 7) is 3.35. The number of rotatable bonds is 8. The van der Waals surface area contributed by atoms with Crippen LogP contribution in [0.15, 0.2) is 29.6 Å². The van der Waals surface area contributed by atoms with Crippen molar-refractivity contribution in [2.45, 2.75) is 32.2 Å². The molecule has 1 amide bonds. The van der Waals surface area contributed by atoms with Crippen molar-refractivity contribution >= 4 is 33.8 Å². The molecule has 1 saturated heterocycles. The maximum atomic E-state index is 12.1. The van der Waals surface area contributed by atoms with Crippen LogP contribution >= 0.6 is 11.3 Å². The number of para-hydroxylation sites is 2. The number of thiazole rings is 1. The molecule has 1 aromatic carbocycles. The van der Waals surface area contributed by atoms with Gasteiger partial charge in [0, 0.05) is 31.0 Å². The number of aromatic nitrogens is 1. The normalized spacial score (nSPS) is 14.7. The summed E-state index contributed by atoms with van der Waals surface area (Å²) in [7, 11) is 0. The Morgan fingerprint density at radius 2 is 2.04 bits per heavy atom. The van der Waals surface area contributed by atoms with Crippen LogP contribution in [0.25, 0.3) is 0 Å². The minimum atomic E-state index is -0.443. The number of carbonyl (C=O) groups is 1. The largest absolute Gasteiger partial charge is 0.379 e. The number of hydrogen-bond acceptors (Lipinski definition) is 7. The van der Waals surface area contributed by atoms with Crippen LogP contribution in [-0.4, -0.2) is 40.3 Å². The number of likely N-dealkylation sites (tertiary alicyclic amines) is 1. The molecule has 2 aromatic rings. The molecule has 1 aliphatic rings. The Kier molecular flexibility index (Phi) is 6.72. The number of benzene rings is 1. The first-order valence-electron chi connectivity index (χ1n) is 9.06. The molecular weight excluding hydrogens is 366 g/mol. The van der Waals surface area contributed by atoms with Gasteiger partial charge in [-0.1, -0.05) is 18.6 Å². The molecule has 0 spiro atoms. The molecule has 3 rings (SSSR count). The lowest BCUT2D eigenvalue weighted by atomic mass is 10.1. The molecule has 8 nitrogen and oxygen atoms in total. The Bertz CT molecular complexity index is 789. The highest BCUT2D eigenvalue weighted by atomic mass is 32.1. The van der Waals surface area contributed by atoms with Gasteiger partial charge in [-0.3, -0.25) is 19.8 Å². The van der Waals surface area contributed by atoms with Gasteiger partial charge < -0.3 is 10.6 Å². The molecule has 144 valence electrons. The highest BCUT2D eigenvalue weighted by molar-refractivity contribution is 7.13. The Labute approximate surface area is 161 Å². The third-order valence-electron chi connectivity index (χ3n) is 4.40. The zero-order valence-electron chi connectivity index (χ0n) is 15.0. The fourth-order valence-electron chi connectivity index (χ4n) is 3.06. The molecule has 0 unspecified atom stereocenters. The SMILES string of the molecule is O=C(CCNc1ccccc1[N+](=O)[O-])Nc1nc(CN2CCCCC2)cs1. The molecule has 2 N–H and O–H groups in total. The average Bonchev–Trinajstić information content (AvgIpc) is 3.09. The molecule has 1 aromatic heterocycles. The summed E-state index contributed by atoms with van der Waals surface area (Å²) in [6.07, 6.45) is 3.97.